The second-order valence-electron chi connectivity index (χ2n) is 12.8. The van der Waals surface area contributed by atoms with Gasteiger partial charge in [-0.3, -0.25) is 28.8 Å². The van der Waals surface area contributed by atoms with Crippen molar-refractivity contribution in [3.63, 3.8) is 0 Å². The SMILES string of the molecule is CCC(=O)N[C@H](Cc1ccc(CCC(=O)[C@@H](NC(=O)c2ccnn2C)C2CCCCC2)cc1)C(=O)N1CCN2CCC[C@@H]2C1. The molecule has 0 radical (unpaired) electrons. The van der Waals surface area contributed by atoms with Crippen molar-refractivity contribution in [2.75, 3.05) is 26.2 Å². The molecule has 1 aliphatic carbocycles. The number of fused-ring (bicyclic) bond motifs is 1. The number of hydrogen-bond acceptors (Lipinski definition) is 6. The number of benzene rings is 1. The average molecular weight is 605 g/mol. The maximum atomic E-state index is 13.6. The fraction of sp³-hybridized carbons (Fsp3) is 0.618. The molecule has 0 bridgehead atoms. The van der Waals surface area contributed by atoms with Gasteiger partial charge in [0.1, 0.15) is 11.7 Å². The molecule has 1 aromatic carbocycles. The van der Waals surface area contributed by atoms with Gasteiger partial charge in [-0.05, 0) is 61.8 Å². The Bertz CT molecular complexity index is 1300. The van der Waals surface area contributed by atoms with E-state index in [0.717, 1.165) is 62.9 Å². The summed E-state index contributed by atoms with van der Waals surface area (Å²) in [7, 11) is 1.72. The molecule has 5 rings (SSSR count). The second kappa shape index (κ2) is 15.0. The van der Waals surface area contributed by atoms with Crippen molar-refractivity contribution in [2.45, 2.75) is 95.7 Å². The van der Waals surface area contributed by atoms with E-state index in [9.17, 15) is 19.2 Å². The van der Waals surface area contributed by atoms with Gasteiger partial charge in [-0.2, -0.15) is 5.10 Å². The van der Waals surface area contributed by atoms with Crippen LogP contribution in [0.1, 0.15) is 86.3 Å². The highest BCUT2D eigenvalue weighted by Crippen LogP contribution is 2.28. The van der Waals surface area contributed by atoms with Crippen LogP contribution in [0.15, 0.2) is 36.5 Å². The number of ketones is 1. The van der Waals surface area contributed by atoms with Gasteiger partial charge in [-0.25, -0.2) is 0 Å². The number of carbonyl (C=O) groups excluding carboxylic acids is 4. The highest BCUT2D eigenvalue weighted by molar-refractivity contribution is 5.97. The van der Waals surface area contributed by atoms with Gasteiger partial charge in [-0.1, -0.05) is 50.5 Å². The lowest BCUT2D eigenvalue weighted by molar-refractivity contribution is -0.138. The van der Waals surface area contributed by atoms with E-state index in [-0.39, 0.29) is 29.4 Å². The molecule has 3 atom stereocenters. The zero-order chi connectivity index (χ0) is 31.1. The maximum Gasteiger partial charge on any atom is 0.270 e. The predicted octanol–water partition coefficient (Wildman–Crippen LogP) is 3.04. The van der Waals surface area contributed by atoms with Crippen LogP contribution in [0.4, 0.5) is 0 Å². The van der Waals surface area contributed by atoms with E-state index in [1.807, 2.05) is 29.2 Å². The molecule has 3 amide bonds. The first-order valence-corrected chi connectivity index (χ1v) is 16.5. The number of rotatable bonds is 12. The number of aromatic nitrogens is 2. The van der Waals surface area contributed by atoms with Crippen LogP contribution in [-0.4, -0.2) is 87.4 Å². The Morgan fingerprint density at radius 3 is 2.36 bits per heavy atom. The smallest absolute Gasteiger partial charge is 0.270 e. The van der Waals surface area contributed by atoms with Crippen molar-refractivity contribution in [1.82, 2.24) is 30.2 Å². The molecular weight excluding hydrogens is 556 g/mol. The van der Waals surface area contributed by atoms with Crippen molar-refractivity contribution in [2.24, 2.45) is 13.0 Å². The maximum absolute atomic E-state index is 13.6. The minimum atomic E-state index is -0.595. The molecule has 2 aliphatic heterocycles. The molecule has 3 fully saturated rings. The fourth-order valence-corrected chi connectivity index (χ4v) is 7.15. The Kier molecular flexibility index (Phi) is 10.8. The summed E-state index contributed by atoms with van der Waals surface area (Å²) in [6.07, 6.45) is 10.8. The van der Waals surface area contributed by atoms with Crippen LogP contribution in [0.5, 0.6) is 0 Å². The molecule has 10 nitrogen and oxygen atoms in total. The van der Waals surface area contributed by atoms with E-state index in [4.69, 9.17) is 0 Å². The van der Waals surface area contributed by atoms with E-state index in [1.54, 1.807) is 26.2 Å². The first-order chi connectivity index (χ1) is 21.3. The monoisotopic (exact) mass is 604 g/mol. The molecule has 2 aromatic rings. The van der Waals surface area contributed by atoms with Crippen LogP contribution in [0.2, 0.25) is 0 Å². The molecule has 2 N–H and O–H groups in total. The van der Waals surface area contributed by atoms with Crippen LogP contribution < -0.4 is 10.6 Å². The summed E-state index contributed by atoms with van der Waals surface area (Å²) in [5.74, 6) is -0.175. The van der Waals surface area contributed by atoms with Gasteiger partial charge in [0.15, 0.2) is 5.78 Å². The summed E-state index contributed by atoms with van der Waals surface area (Å²) in [5.41, 5.74) is 2.44. The largest absolute Gasteiger partial charge is 0.344 e. The van der Waals surface area contributed by atoms with Crippen LogP contribution in [-0.2, 0) is 34.3 Å². The normalized spacial score (nSPS) is 20.5. The topological polar surface area (TPSA) is 117 Å². The lowest BCUT2D eigenvalue weighted by Crippen LogP contribution is -2.57. The standard InChI is InChI=1S/C34H48N6O4/c1-3-31(42)36-28(34(44)40-21-20-39-19-7-10-27(39)23-40)22-25-13-11-24(12-14-25)15-16-30(41)32(26-8-5-4-6-9-26)37-33(43)29-17-18-35-38(29)2/h11-14,17-18,26-28,32H,3-10,15-16,19-23H2,1-2H3,(H,36,42)(H,37,43)/t27-,28-,32+/m1/s1. The summed E-state index contributed by atoms with van der Waals surface area (Å²) < 4.78 is 1.53. The zero-order valence-corrected chi connectivity index (χ0v) is 26.3. The number of hydrogen-bond donors (Lipinski definition) is 2. The third-order valence-electron chi connectivity index (χ3n) is 9.78. The molecule has 3 heterocycles. The molecular formula is C34H48N6O4. The number of nitrogens with one attached hydrogen (secondary N) is 2. The lowest BCUT2D eigenvalue weighted by Gasteiger charge is -2.39. The third kappa shape index (κ3) is 7.94. The molecule has 2 saturated heterocycles. The molecule has 44 heavy (non-hydrogen) atoms. The zero-order valence-electron chi connectivity index (χ0n) is 26.3. The number of aryl methyl sites for hydroxylation is 2. The lowest BCUT2D eigenvalue weighted by atomic mass is 9.81. The minimum absolute atomic E-state index is 0.00468. The van der Waals surface area contributed by atoms with Gasteiger partial charge in [0, 0.05) is 58.2 Å². The number of Topliss-reactive ketones (excluding diaryl/α,β-unsaturated/α-hetero) is 1. The first-order valence-electron chi connectivity index (χ1n) is 16.5. The highest BCUT2D eigenvalue weighted by Gasteiger charge is 2.35. The van der Waals surface area contributed by atoms with E-state index in [2.05, 4.69) is 20.6 Å². The van der Waals surface area contributed by atoms with E-state index < -0.39 is 12.1 Å². The predicted molar refractivity (Wildman–Crippen MR) is 168 cm³/mol. The van der Waals surface area contributed by atoms with Crippen LogP contribution in [0, 0.1) is 5.92 Å². The van der Waals surface area contributed by atoms with Crippen molar-refractivity contribution in [3.05, 3.63) is 53.3 Å². The molecule has 0 unspecified atom stereocenters. The van der Waals surface area contributed by atoms with Gasteiger partial charge in [0.2, 0.25) is 11.8 Å². The highest BCUT2D eigenvalue weighted by atomic mass is 16.2. The van der Waals surface area contributed by atoms with Crippen molar-refractivity contribution < 1.29 is 19.2 Å². The average Bonchev–Trinajstić information content (AvgIpc) is 3.71. The molecule has 10 heteroatoms. The molecule has 3 aliphatic rings. The Balaban J connectivity index is 1.19. The van der Waals surface area contributed by atoms with Crippen LogP contribution in [0.3, 0.4) is 0 Å². The quantitative estimate of drug-likeness (QED) is 0.385. The van der Waals surface area contributed by atoms with Crippen molar-refractivity contribution in [1.29, 1.82) is 0 Å². The number of carbonyl (C=O) groups is 4. The molecule has 0 spiro atoms. The van der Waals surface area contributed by atoms with Gasteiger partial charge in [0.05, 0.1) is 6.04 Å². The van der Waals surface area contributed by atoms with Crippen molar-refractivity contribution in [3.8, 4) is 0 Å². The first kappa shape index (κ1) is 31.9. The number of piperazine rings is 1. The minimum Gasteiger partial charge on any atom is -0.344 e. The second-order valence-corrected chi connectivity index (χ2v) is 12.8. The van der Waals surface area contributed by atoms with E-state index in [0.29, 0.717) is 44.0 Å². The Labute approximate surface area is 260 Å². The van der Waals surface area contributed by atoms with Crippen LogP contribution in [0.25, 0.3) is 0 Å². The molecule has 1 saturated carbocycles. The molecule has 238 valence electrons. The number of nitrogens with zero attached hydrogens (tertiary/aromatic N) is 4. The summed E-state index contributed by atoms with van der Waals surface area (Å²) >= 11 is 0. The van der Waals surface area contributed by atoms with E-state index >= 15 is 0 Å². The summed E-state index contributed by atoms with van der Waals surface area (Å²) in [5, 5.41) is 10.1. The fourth-order valence-electron chi connectivity index (χ4n) is 7.15. The molecule has 1 aromatic heterocycles. The van der Waals surface area contributed by atoms with Gasteiger partial charge in [0.25, 0.3) is 5.91 Å². The Morgan fingerprint density at radius 2 is 1.66 bits per heavy atom. The third-order valence-corrected chi connectivity index (χ3v) is 9.78. The number of amides is 3. The summed E-state index contributed by atoms with van der Waals surface area (Å²) in [4.78, 5) is 56.8. The van der Waals surface area contributed by atoms with Gasteiger partial charge >= 0.3 is 0 Å². The summed E-state index contributed by atoms with van der Waals surface area (Å²) in [6.45, 7) is 5.24. The van der Waals surface area contributed by atoms with E-state index in [1.165, 1.54) is 17.5 Å². The Morgan fingerprint density at radius 1 is 0.909 bits per heavy atom. The van der Waals surface area contributed by atoms with Gasteiger partial charge in [-0.15, -0.1) is 0 Å². The summed E-state index contributed by atoms with van der Waals surface area (Å²) in [6, 6.07) is 9.00. The Hall–Kier alpha value is -3.53. The van der Waals surface area contributed by atoms with Crippen molar-refractivity contribution >= 4 is 23.5 Å². The van der Waals surface area contributed by atoms with Gasteiger partial charge < -0.3 is 15.5 Å². The van der Waals surface area contributed by atoms with Crippen LogP contribution >= 0.6 is 0 Å².